The van der Waals surface area contributed by atoms with Crippen LogP contribution in [0.25, 0.3) is 0 Å². The summed E-state index contributed by atoms with van der Waals surface area (Å²) in [6, 6.07) is 0. The van der Waals surface area contributed by atoms with Gasteiger partial charge in [-0.15, -0.1) is 0 Å². The first kappa shape index (κ1) is 16.0. The summed E-state index contributed by atoms with van der Waals surface area (Å²) in [6.45, 7) is 6.31. The average Bonchev–Trinajstić information content (AvgIpc) is 2.87. The summed E-state index contributed by atoms with van der Waals surface area (Å²) in [5.41, 5.74) is 1.18. The molecule has 2 aliphatic rings. The van der Waals surface area contributed by atoms with Crippen molar-refractivity contribution in [2.45, 2.75) is 19.4 Å². The summed E-state index contributed by atoms with van der Waals surface area (Å²) in [6.07, 6.45) is 3.95. The largest absolute Gasteiger partial charge is 0.340 e. The zero-order valence-electron chi connectivity index (χ0n) is 13.1. The van der Waals surface area contributed by atoms with E-state index in [2.05, 4.69) is 31.2 Å². The lowest BCUT2D eigenvalue weighted by Gasteiger charge is -2.36. The molecule has 0 saturated carbocycles. The molecule has 2 fully saturated rings. The van der Waals surface area contributed by atoms with Gasteiger partial charge in [0.25, 0.3) is 0 Å². The molecule has 1 aromatic heterocycles. The van der Waals surface area contributed by atoms with Crippen LogP contribution in [0.3, 0.4) is 0 Å². The van der Waals surface area contributed by atoms with Gasteiger partial charge in [-0.2, -0.15) is 5.10 Å². The van der Waals surface area contributed by atoms with Crippen LogP contribution in [-0.4, -0.2) is 64.8 Å². The molecular formula is C15H24BrN5O. The quantitative estimate of drug-likeness (QED) is 0.857. The van der Waals surface area contributed by atoms with E-state index >= 15 is 0 Å². The Bertz CT molecular complexity index is 507. The van der Waals surface area contributed by atoms with E-state index < -0.39 is 0 Å². The van der Waals surface area contributed by atoms with Crippen molar-refractivity contribution in [1.82, 2.24) is 24.9 Å². The van der Waals surface area contributed by atoms with Crippen LogP contribution in [0.4, 0.5) is 0 Å². The van der Waals surface area contributed by atoms with E-state index in [-0.39, 0.29) is 5.92 Å². The molecule has 1 N–H and O–H groups in total. The summed E-state index contributed by atoms with van der Waals surface area (Å²) in [5.74, 6) is 0.495. The first-order valence-electron chi connectivity index (χ1n) is 8.03. The Hall–Kier alpha value is -0.920. The van der Waals surface area contributed by atoms with E-state index in [1.165, 1.54) is 5.69 Å². The molecule has 22 heavy (non-hydrogen) atoms. The van der Waals surface area contributed by atoms with Crippen molar-refractivity contribution in [3.05, 3.63) is 16.4 Å². The third-order valence-electron chi connectivity index (χ3n) is 4.67. The first-order valence-corrected chi connectivity index (χ1v) is 8.82. The van der Waals surface area contributed by atoms with Crippen molar-refractivity contribution in [1.29, 1.82) is 0 Å². The van der Waals surface area contributed by atoms with Gasteiger partial charge in [0, 0.05) is 46.3 Å². The summed E-state index contributed by atoms with van der Waals surface area (Å²) in [7, 11) is 1.97. The number of piperazine rings is 1. The summed E-state index contributed by atoms with van der Waals surface area (Å²) >= 11 is 3.56. The second kappa shape index (κ2) is 7.10. The van der Waals surface area contributed by atoms with Gasteiger partial charge in [0.2, 0.25) is 5.91 Å². The minimum atomic E-state index is 0.152. The second-order valence-corrected chi connectivity index (χ2v) is 7.07. The fraction of sp³-hybridized carbons (Fsp3) is 0.733. The van der Waals surface area contributed by atoms with E-state index in [1.807, 2.05) is 22.8 Å². The number of carbonyl (C=O) groups is 1. The van der Waals surface area contributed by atoms with Crippen LogP contribution in [0.5, 0.6) is 0 Å². The molecule has 122 valence electrons. The highest BCUT2D eigenvalue weighted by Crippen LogP contribution is 2.23. The number of carbonyl (C=O) groups excluding carboxylic acids is 1. The van der Waals surface area contributed by atoms with Crippen molar-refractivity contribution < 1.29 is 4.79 Å². The van der Waals surface area contributed by atoms with Crippen LogP contribution in [0.15, 0.2) is 10.7 Å². The van der Waals surface area contributed by atoms with Crippen LogP contribution < -0.4 is 5.32 Å². The molecule has 0 aromatic carbocycles. The highest BCUT2D eigenvalue weighted by atomic mass is 79.9. The van der Waals surface area contributed by atoms with Crippen molar-refractivity contribution >= 4 is 21.8 Å². The van der Waals surface area contributed by atoms with Crippen LogP contribution in [0.2, 0.25) is 0 Å². The molecule has 0 spiro atoms. The number of hydrogen-bond donors (Lipinski definition) is 1. The lowest BCUT2D eigenvalue weighted by molar-refractivity contribution is -0.138. The van der Waals surface area contributed by atoms with Gasteiger partial charge in [-0.05, 0) is 35.3 Å². The zero-order chi connectivity index (χ0) is 15.5. The van der Waals surface area contributed by atoms with E-state index in [1.54, 1.807) is 0 Å². The molecule has 1 atom stereocenters. The third-order valence-corrected chi connectivity index (χ3v) is 5.33. The molecule has 0 radical (unpaired) electrons. The number of likely N-dealkylation sites (tertiary alicyclic amines) is 1. The van der Waals surface area contributed by atoms with E-state index in [0.29, 0.717) is 5.91 Å². The molecule has 3 rings (SSSR count). The van der Waals surface area contributed by atoms with Crippen LogP contribution in [-0.2, 0) is 18.4 Å². The number of aromatic nitrogens is 2. The van der Waals surface area contributed by atoms with Gasteiger partial charge in [-0.3, -0.25) is 14.4 Å². The van der Waals surface area contributed by atoms with Crippen molar-refractivity contribution in [3.8, 4) is 0 Å². The predicted molar refractivity (Wildman–Crippen MR) is 88.4 cm³/mol. The minimum absolute atomic E-state index is 0.152. The monoisotopic (exact) mass is 369 g/mol. The summed E-state index contributed by atoms with van der Waals surface area (Å²) < 4.78 is 2.96. The SMILES string of the molecule is Cn1ncc(Br)c1CN1CCCC(C(=O)N2CCNCC2)C1. The Balaban J connectivity index is 1.60. The van der Waals surface area contributed by atoms with Gasteiger partial charge in [-0.1, -0.05) is 0 Å². The Labute approximate surface area is 140 Å². The molecule has 6 nitrogen and oxygen atoms in total. The van der Waals surface area contributed by atoms with Gasteiger partial charge in [-0.25, -0.2) is 0 Å². The van der Waals surface area contributed by atoms with Crippen molar-refractivity contribution in [2.24, 2.45) is 13.0 Å². The fourth-order valence-electron chi connectivity index (χ4n) is 3.37. The normalized spacial score (nSPS) is 23.7. The Morgan fingerprint density at radius 2 is 2.18 bits per heavy atom. The molecular weight excluding hydrogens is 346 g/mol. The lowest BCUT2D eigenvalue weighted by Crippen LogP contribution is -2.51. The van der Waals surface area contributed by atoms with E-state index in [4.69, 9.17) is 0 Å². The summed E-state index contributed by atoms with van der Waals surface area (Å²) in [5, 5.41) is 7.57. The highest BCUT2D eigenvalue weighted by molar-refractivity contribution is 9.10. The van der Waals surface area contributed by atoms with Gasteiger partial charge in [0.15, 0.2) is 0 Å². The Morgan fingerprint density at radius 1 is 1.41 bits per heavy atom. The van der Waals surface area contributed by atoms with E-state index in [9.17, 15) is 4.79 Å². The minimum Gasteiger partial charge on any atom is -0.340 e. The van der Waals surface area contributed by atoms with Crippen LogP contribution in [0, 0.1) is 5.92 Å². The van der Waals surface area contributed by atoms with Crippen LogP contribution >= 0.6 is 15.9 Å². The maximum atomic E-state index is 12.7. The molecule has 1 aromatic rings. The molecule has 0 bridgehead atoms. The average molecular weight is 370 g/mol. The molecule has 2 aliphatic heterocycles. The molecule has 1 amide bonds. The van der Waals surface area contributed by atoms with Crippen molar-refractivity contribution in [3.63, 3.8) is 0 Å². The number of nitrogens with one attached hydrogen (secondary N) is 1. The molecule has 7 heteroatoms. The number of piperidine rings is 1. The van der Waals surface area contributed by atoms with Gasteiger partial charge < -0.3 is 10.2 Å². The maximum absolute atomic E-state index is 12.7. The van der Waals surface area contributed by atoms with Gasteiger partial charge in [0.1, 0.15) is 0 Å². The third kappa shape index (κ3) is 3.52. The Kier molecular flexibility index (Phi) is 5.15. The molecule has 1 unspecified atom stereocenters. The lowest BCUT2D eigenvalue weighted by atomic mass is 9.96. The second-order valence-electron chi connectivity index (χ2n) is 6.21. The maximum Gasteiger partial charge on any atom is 0.227 e. The summed E-state index contributed by atoms with van der Waals surface area (Å²) in [4.78, 5) is 17.1. The van der Waals surface area contributed by atoms with Gasteiger partial charge >= 0.3 is 0 Å². The van der Waals surface area contributed by atoms with Gasteiger partial charge in [0.05, 0.1) is 22.3 Å². The molecule has 3 heterocycles. The first-order chi connectivity index (χ1) is 10.6. The number of amides is 1. The number of rotatable bonds is 3. The predicted octanol–water partition coefficient (Wildman–Crippen LogP) is 0.826. The zero-order valence-corrected chi connectivity index (χ0v) is 14.7. The molecule has 0 aliphatic carbocycles. The Morgan fingerprint density at radius 3 is 2.86 bits per heavy atom. The number of hydrogen-bond acceptors (Lipinski definition) is 4. The number of nitrogens with zero attached hydrogens (tertiary/aromatic N) is 4. The number of aryl methyl sites for hydroxylation is 1. The number of halogens is 1. The smallest absolute Gasteiger partial charge is 0.227 e. The topological polar surface area (TPSA) is 53.4 Å². The van der Waals surface area contributed by atoms with E-state index in [0.717, 1.165) is 63.1 Å². The van der Waals surface area contributed by atoms with Crippen molar-refractivity contribution in [2.75, 3.05) is 39.3 Å². The fourth-order valence-corrected chi connectivity index (χ4v) is 3.84. The standard InChI is InChI=1S/C15H24BrN5O/c1-19-14(13(16)9-18-19)11-20-6-2-3-12(10-20)15(22)21-7-4-17-5-8-21/h9,12,17H,2-8,10-11H2,1H3. The highest BCUT2D eigenvalue weighted by Gasteiger charge is 2.30. The van der Waals surface area contributed by atoms with Crippen LogP contribution in [0.1, 0.15) is 18.5 Å². The molecule has 2 saturated heterocycles.